The highest BCUT2D eigenvalue weighted by molar-refractivity contribution is 5.92. The average Bonchev–Trinajstić information content (AvgIpc) is 2.62. The van der Waals surface area contributed by atoms with Crippen molar-refractivity contribution in [3.63, 3.8) is 0 Å². The molecule has 0 heterocycles. The normalized spacial score (nSPS) is 11.8. The van der Waals surface area contributed by atoms with Gasteiger partial charge in [0.2, 0.25) is 5.91 Å². The number of halogens is 3. The molecule has 2 rings (SSSR count). The predicted molar refractivity (Wildman–Crippen MR) is 102 cm³/mol. The molecule has 0 radical (unpaired) electrons. The molecule has 6 nitrogen and oxygen atoms in total. The van der Waals surface area contributed by atoms with Crippen LogP contribution >= 0.6 is 0 Å². The maximum Gasteiger partial charge on any atom is 0.573 e. The van der Waals surface area contributed by atoms with Gasteiger partial charge in [-0.05, 0) is 48.4 Å². The van der Waals surface area contributed by atoms with Crippen molar-refractivity contribution in [2.75, 3.05) is 10.6 Å². The highest BCUT2D eigenvalue weighted by Gasteiger charge is 2.30. The van der Waals surface area contributed by atoms with E-state index in [4.69, 9.17) is 5.73 Å². The van der Waals surface area contributed by atoms with Crippen molar-refractivity contribution in [2.45, 2.75) is 32.7 Å². The Morgan fingerprint density at radius 3 is 2.18 bits per heavy atom. The van der Waals surface area contributed by atoms with E-state index >= 15 is 0 Å². The van der Waals surface area contributed by atoms with Crippen molar-refractivity contribution in [3.8, 4) is 5.75 Å². The molecule has 0 aromatic heterocycles. The molecule has 0 saturated carbocycles. The first-order valence-electron chi connectivity index (χ1n) is 8.56. The zero-order chi connectivity index (χ0) is 20.6. The number of nitrogens with one attached hydrogen (secondary N) is 2. The van der Waals surface area contributed by atoms with Crippen LogP contribution in [-0.2, 0) is 11.3 Å². The number of aliphatic imine (C=N–C) groups is 1. The van der Waals surface area contributed by atoms with E-state index in [0.717, 1.165) is 12.0 Å². The Kier molecular flexibility index (Phi) is 7.25. The number of nitrogens with two attached hydrogens (primary N) is 1. The summed E-state index contributed by atoms with van der Waals surface area (Å²) in [5.41, 5.74) is 7.86. The lowest BCUT2D eigenvalue weighted by atomic mass is 10.2. The van der Waals surface area contributed by atoms with Gasteiger partial charge in [0.05, 0.1) is 6.54 Å². The van der Waals surface area contributed by atoms with E-state index in [9.17, 15) is 18.0 Å². The van der Waals surface area contributed by atoms with Gasteiger partial charge in [-0.25, -0.2) is 4.99 Å². The van der Waals surface area contributed by atoms with E-state index in [-0.39, 0.29) is 17.6 Å². The summed E-state index contributed by atoms with van der Waals surface area (Å²) in [6.07, 6.45) is -3.48. The monoisotopic (exact) mass is 394 g/mol. The van der Waals surface area contributed by atoms with E-state index in [1.807, 2.05) is 19.1 Å². The number of carbonyl (C=O) groups excluding carboxylic acids is 1. The summed E-state index contributed by atoms with van der Waals surface area (Å²) in [5.74, 6) is -0.238. The molecule has 0 unspecified atom stereocenters. The molecule has 0 aliphatic carbocycles. The van der Waals surface area contributed by atoms with Crippen LogP contribution in [0.1, 0.15) is 25.3 Å². The summed E-state index contributed by atoms with van der Waals surface area (Å²) in [7, 11) is 0. The summed E-state index contributed by atoms with van der Waals surface area (Å²) in [6.45, 7) is 2.24. The maximum atomic E-state index is 12.1. The zero-order valence-electron chi connectivity index (χ0n) is 15.2. The lowest BCUT2D eigenvalue weighted by molar-refractivity contribution is -0.274. The minimum absolute atomic E-state index is 0.0339. The van der Waals surface area contributed by atoms with Gasteiger partial charge in [0.15, 0.2) is 5.96 Å². The van der Waals surface area contributed by atoms with Crippen LogP contribution in [0, 0.1) is 0 Å². The molecule has 150 valence electrons. The number of guanidine groups is 1. The molecule has 0 bridgehead atoms. The summed E-state index contributed by atoms with van der Waals surface area (Å²) in [4.78, 5) is 15.7. The van der Waals surface area contributed by atoms with Crippen molar-refractivity contribution in [1.29, 1.82) is 0 Å². The van der Waals surface area contributed by atoms with Crippen molar-refractivity contribution < 1.29 is 22.7 Å². The van der Waals surface area contributed by atoms with Crippen LogP contribution in [0.25, 0.3) is 0 Å². The summed E-state index contributed by atoms with van der Waals surface area (Å²) < 4.78 is 40.2. The van der Waals surface area contributed by atoms with Crippen LogP contribution in [0.2, 0.25) is 0 Å². The molecular formula is C19H21F3N4O2. The van der Waals surface area contributed by atoms with Crippen molar-refractivity contribution in [2.24, 2.45) is 10.7 Å². The zero-order valence-corrected chi connectivity index (χ0v) is 15.2. The second-order valence-corrected chi connectivity index (χ2v) is 5.89. The van der Waals surface area contributed by atoms with Crippen LogP contribution in [-0.4, -0.2) is 18.2 Å². The van der Waals surface area contributed by atoms with Gasteiger partial charge >= 0.3 is 6.36 Å². The average molecular weight is 394 g/mol. The summed E-state index contributed by atoms with van der Waals surface area (Å²) in [5, 5.41) is 5.58. The number of anilines is 2. The molecule has 0 aliphatic rings. The third-order valence-electron chi connectivity index (χ3n) is 3.51. The Bertz CT molecular complexity index is 803. The van der Waals surface area contributed by atoms with Gasteiger partial charge in [-0.2, -0.15) is 0 Å². The number of hydrogen-bond donors (Lipinski definition) is 3. The highest BCUT2D eigenvalue weighted by atomic mass is 19.4. The van der Waals surface area contributed by atoms with Gasteiger partial charge in [0.25, 0.3) is 0 Å². The lowest BCUT2D eigenvalue weighted by Crippen LogP contribution is -2.22. The molecule has 28 heavy (non-hydrogen) atoms. The fourth-order valence-corrected chi connectivity index (χ4v) is 2.25. The van der Waals surface area contributed by atoms with Crippen molar-refractivity contribution in [3.05, 3.63) is 54.1 Å². The van der Waals surface area contributed by atoms with Gasteiger partial charge < -0.3 is 21.1 Å². The number of carbonyl (C=O) groups is 1. The summed E-state index contributed by atoms with van der Waals surface area (Å²) in [6, 6.07) is 12.4. The predicted octanol–water partition coefficient (Wildman–Crippen LogP) is 4.25. The third-order valence-corrected chi connectivity index (χ3v) is 3.51. The number of amides is 1. The lowest BCUT2D eigenvalue weighted by Gasteiger charge is -2.10. The molecule has 2 aromatic carbocycles. The van der Waals surface area contributed by atoms with E-state index in [0.29, 0.717) is 24.3 Å². The molecule has 2 aromatic rings. The van der Waals surface area contributed by atoms with E-state index < -0.39 is 6.36 Å². The number of rotatable bonds is 7. The van der Waals surface area contributed by atoms with Gasteiger partial charge in [0, 0.05) is 17.8 Å². The first-order chi connectivity index (χ1) is 13.2. The van der Waals surface area contributed by atoms with Gasteiger partial charge in [-0.15, -0.1) is 13.2 Å². The van der Waals surface area contributed by atoms with E-state index in [1.54, 1.807) is 12.1 Å². The standard InChI is InChI=1S/C19H21F3N4O2/c1-2-3-17(27)25-14-6-4-13(5-7-14)12-24-18(23)26-15-8-10-16(11-9-15)28-19(20,21)22/h4-11H,2-3,12H2,1H3,(H,25,27)(H3,23,24,26). The molecule has 1 amide bonds. The fraction of sp³-hybridized carbons (Fsp3) is 0.263. The number of alkyl halides is 3. The maximum absolute atomic E-state index is 12.1. The molecule has 0 atom stereocenters. The Balaban J connectivity index is 1.87. The smallest absolute Gasteiger partial charge is 0.406 e. The fourth-order valence-electron chi connectivity index (χ4n) is 2.25. The van der Waals surface area contributed by atoms with Crippen LogP contribution in [0.4, 0.5) is 24.5 Å². The molecule has 0 spiro atoms. The van der Waals surface area contributed by atoms with Crippen LogP contribution in [0.3, 0.4) is 0 Å². The Morgan fingerprint density at radius 2 is 1.61 bits per heavy atom. The van der Waals surface area contributed by atoms with E-state index in [1.165, 1.54) is 24.3 Å². The molecule has 0 aliphatic heterocycles. The number of hydrogen-bond acceptors (Lipinski definition) is 3. The quantitative estimate of drug-likeness (QED) is 0.484. The molecule has 0 saturated heterocycles. The minimum Gasteiger partial charge on any atom is -0.406 e. The van der Waals surface area contributed by atoms with Crippen LogP contribution in [0.15, 0.2) is 53.5 Å². The van der Waals surface area contributed by atoms with Gasteiger partial charge in [-0.3, -0.25) is 4.79 Å². The molecule has 0 fully saturated rings. The number of benzene rings is 2. The number of ether oxygens (including phenoxy) is 1. The van der Waals surface area contributed by atoms with Gasteiger partial charge in [-0.1, -0.05) is 19.1 Å². The van der Waals surface area contributed by atoms with Crippen molar-refractivity contribution in [1.82, 2.24) is 0 Å². The first-order valence-corrected chi connectivity index (χ1v) is 8.56. The molecular weight excluding hydrogens is 373 g/mol. The molecule has 9 heteroatoms. The Hall–Kier alpha value is -3.23. The molecule has 4 N–H and O–H groups in total. The Labute approximate surface area is 160 Å². The third kappa shape index (κ3) is 7.56. The second-order valence-electron chi connectivity index (χ2n) is 5.89. The van der Waals surface area contributed by atoms with Crippen LogP contribution in [0.5, 0.6) is 5.75 Å². The minimum atomic E-state index is -4.73. The van der Waals surface area contributed by atoms with Gasteiger partial charge in [0.1, 0.15) is 5.75 Å². The summed E-state index contributed by atoms with van der Waals surface area (Å²) >= 11 is 0. The highest BCUT2D eigenvalue weighted by Crippen LogP contribution is 2.23. The van der Waals surface area contributed by atoms with Crippen molar-refractivity contribution >= 4 is 23.2 Å². The number of nitrogens with zero attached hydrogens (tertiary/aromatic N) is 1. The van der Waals surface area contributed by atoms with E-state index in [2.05, 4.69) is 20.4 Å². The Morgan fingerprint density at radius 1 is 1.04 bits per heavy atom. The van der Waals surface area contributed by atoms with Crippen LogP contribution < -0.4 is 21.1 Å². The topological polar surface area (TPSA) is 88.7 Å². The SMILES string of the molecule is CCCC(=O)Nc1ccc(CN=C(N)Nc2ccc(OC(F)(F)F)cc2)cc1. The second kappa shape index (κ2) is 9.63. The first kappa shape index (κ1) is 21.1. The largest absolute Gasteiger partial charge is 0.573 e.